The first kappa shape index (κ1) is 28.1. The summed E-state index contributed by atoms with van der Waals surface area (Å²) in [7, 11) is 0. The first-order chi connectivity index (χ1) is 16.8. The van der Waals surface area contributed by atoms with E-state index in [-0.39, 0.29) is 0 Å². The molecule has 0 amide bonds. The molecule has 0 aliphatic carbocycles. The molecular weight excluding hydrogens is 420 g/mol. The highest BCUT2D eigenvalue weighted by atomic mass is 16.5. The average Bonchev–Trinajstić information content (AvgIpc) is 2.87. The normalized spacial score (nSPS) is 11.0. The zero-order chi connectivity index (χ0) is 24.1. The van der Waals surface area contributed by atoms with E-state index in [1.165, 1.54) is 89.9 Å². The molecule has 0 spiro atoms. The lowest BCUT2D eigenvalue weighted by atomic mass is 10.1. The summed E-state index contributed by atoms with van der Waals surface area (Å²) in [5, 5.41) is 0. The molecule has 0 saturated carbocycles. The summed E-state index contributed by atoms with van der Waals surface area (Å²) < 4.78 is 11.7. The maximum absolute atomic E-state index is 5.90. The largest absolute Gasteiger partial charge is 0.494 e. The van der Waals surface area contributed by atoms with Crippen LogP contribution >= 0.6 is 0 Å². The Morgan fingerprint density at radius 3 is 1.38 bits per heavy atom. The first-order valence-corrected chi connectivity index (χ1v) is 14.0. The van der Waals surface area contributed by atoms with E-state index >= 15 is 0 Å². The highest BCUT2D eigenvalue weighted by Gasteiger charge is 2.03. The molecule has 0 saturated heterocycles. The average molecular weight is 469 g/mol. The van der Waals surface area contributed by atoms with Crippen LogP contribution in [0.3, 0.4) is 0 Å². The Hall–Kier alpha value is -2.10. The maximum Gasteiger partial charge on any atom is 0.159 e. The van der Waals surface area contributed by atoms with Gasteiger partial charge in [-0.25, -0.2) is 9.97 Å². The van der Waals surface area contributed by atoms with Gasteiger partial charge in [-0.1, -0.05) is 104 Å². The minimum absolute atomic E-state index is 0.717. The molecule has 0 radical (unpaired) electrons. The SMILES string of the molecule is CCCCCCCCCCOc1ccc(-c2ncc(OCCCCCCCCCC)cn2)cc1. The molecule has 2 aromatic rings. The van der Waals surface area contributed by atoms with Gasteiger partial charge in [-0.3, -0.25) is 0 Å². The van der Waals surface area contributed by atoms with Crippen LogP contribution < -0.4 is 9.47 Å². The van der Waals surface area contributed by atoms with Gasteiger partial charge in [0.05, 0.1) is 25.6 Å². The molecule has 190 valence electrons. The van der Waals surface area contributed by atoms with Gasteiger partial charge in [0, 0.05) is 5.56 Å². The Balaban J connectivity index is 1.57. The van der Waals surface area contributed by atoms with Crippen molar-refractivity contribution in [2.75, 3.05) is 13.2 Å². The zero-order valence-corrected chi connectivity index (χ0v) is 21.9. The monoisotopic (exact) mass is 468 g/mol. The third-order valence-electron chi connectivity index (χ3n) is 6.27. The van der Waals surface area contributed by atoms with Gasteiger partial charge >= 0.3 is 0 Å². The van der Waals surface area contributed by atoms with Crippen molar-refractivity contribution < 1.29 is 9.47 Å². The lowest BCUT2D eigenvalue weighted by molar-refractivity contribution is 0.302. The lowest BCUT2D eigenvalue weighted by Crippen LogP contribution is -1.99. The van der Waals surface area contributed by atoms with Gasteiger partial charge in [-0.15, -0.1) is 0 Å². The second kappa shape index (κ2) is 19.2. The Kier molecular flexibility index (Phi) is 15.9. The molecule has 0 aliphatic rings. The van der Waals surface area contributed by atoms with Crippen LogP contribution in [0, 0.1) is 0 Å². The smallest absolute Gasteiger partial charge is 0.159 e. The van der Waals surface area contributed by atoms with E-state index in [1.807, 2.05) is 24.3 Å². The van der Waals surface area contributed by atoms with Crippen molar-refractivity contribution in [2.24, 2.45) is 0 Å². The van der Waals surface area contributed by atoms with Gasteiger partial charge in [0.1, 0.15) is 5.75 Å². The molecular formula is C30H48N2O2. The highest BCUT2D eigenvalue weighted by Crippen LogP contribution is 2.21. The predicted molar refractivity (Wildman–Crippen MR) is 144 cm³/mol. The second-order valence-corrected chi connectivity index (χ2v) is 9.41. The van der Waals surface area contributed by atoms with Gasteiger partial charge in [0.25, 0.3) is 0 Å². The molecule has 0 bridgehead atoms. The fourth-order valence-corrected chi connectivity index (χ4v) is 4.09. The summed E-state index contributed by atoms with van der Waals surface area (Å²) in [5.74, 6) is 2.38. The van der Waals surface area contributed by atoms with E-state index in [9.17, 15) is 0 Å². The molecule has 0 atom stereocenters. The van der Waals surface area contributed by atoms with Gasteiger partial charge in [0.15, 0.2) is 11.6 Å². The van der Waals surface area contributed by atoms with Crippen molar-refractivity contribution in [1.29, 1.82) is 0 Å². The van der Waals surface area contributed by atoms with E-state index in [4.69, 9.17) is 9.47 Å². The first-order valence-electron chi connectivity index (χ1n) is 14.0. The number of hydrogen-bond donors (Lipinski definition) is 0. The number of aromatic nitrogens is 2. The molecule has 0 fully saturated rings. The van der Waals surface area contributed by atoms with Crippen LogP contribution in [0.2, 0.25) is 0 Å². The van der Waals surface area contributed by atoms with Crippen molar-refractivity contribution in [2.45, 2.75) is 117 Å². The molecule has 4 heteroatoms. The molecule has 34 heavy (non-hydrogen) atoms. The van der Waals surface area contributed by atoms with E-state index in [0.29, 0.717) is 5.82 Å². The predicted octanol–water partition coefficient (Wildman–Crippen LogP) is 9.18. The fourth-order valence-electron chi connectivity index (χ4n) is 4.09. The third kappa shape index (κ3) is 13.0. The number of unbranched alkanes of at least 4 members (excludes halogenated alkanes) is 14. The van der Waals surface area contributed by atoms with Crippen molar-refractivity contribution in [3.63, 3.8) is 0 Å². The molecule has 0 aliphatic heterocycles. The summed E-state index contributed by atoms with van der Waals surface area (Å²) in [6.45, 7) is 6.05. The van der Waals surface area contributed by atoms with Crippen LogP contribution in [-0.4, -0.2) is 23.2 Å². The van der Waals surface area contributed by atoms with E-state index in [2.05, 4.69) is 23.8 Å². The van der Waals surface area contributed by atoms with E-state index in [1.54, 1.807) is 12.4 Å². The molecule has 0 unspecified atom stereocenters. The van der Waals surface area contributed by atoms with Gasteiger partial charge < -0.3 is 9.47 Å². The number of nitrogens with zero attached hydrogens (tertiary/aromatic N) is 2. The number of hydrogen-bond acceptors (Lipinski definition) is 4. The minimum atomic E-state index is 0.717. The van der Waals surface area contributed by atoms with Crippen molar-refractivity contribution in [1.82, 2.24) is 9.97 Å². The molecule has 0 N–H and O–H groups in total. The quantitative estimate of drug-likeness (QED) is 0.171. The molecule has 4 nitrogen and oxygen atoms in total. The molecule has 1 aromatic carbocycles. The molecule has 1 aromatic heterocycles. The van der Waals surface area contributed by atoms with Crippen LogP contribution in [-0.2, 0) is 0 Å². The second-order valence-electron chi connectivity index (χ2n) is 9.41. The summed E-state index contributed by atoms with van der Waals surface area (Å²) >= 11 is 0. The Morgan fingerprint density at radius 2 is 0.912 bits per heavy atom. The highest BCUT2D eigenvalue weighted by molar-refractivity contribution is 5.56. The zero-order valence-electron chi connectivity index (χ0n) is 21.9. The van der Waals surface area contributed by atoms with Crippen molar-refractivity contribution in [3.8, 4) is 22.9 Å². The fraction of sp³-hybridized carbons (Fsp3) is 0.667. The lowest BCUT2D eigenvalue weighted by Gasteiger charge is -2.08. The van der Waals surface area contributed by atoms with E-state index < -0.39 is 0 Å². The van der Waals surface area contributed by atoms with Crippen LogP contribution in [0.4, 0.5) is 0 Å². The summed E-state index contributed by atoms with van der Waals surface area (Å²) in [4.78, 5) is 8.96. The Bertz CT molecular complexity index is 652. The van der Waals surface area contributed by atoms with Crippen molar-refractivity contribution >= 4 is 0 Å². The number of ether oxygens (including phenoxy) is 2. The standard InChI is InChI=1S/C30H48N2O2/c1-3-5-7-9-11-13-15-17-23-33-28-21-19-27(20-22-28)30-31-25-29(26-32-30)34-24-18-16-14-12-10-8-6-4-2/h19-22,25-26H,3-18,23-24H2,1-2H3. The summed E-state index contributed by atoms with van der Waals surface area (Å²) in [5.41, 5.74) is 0.994. The van der Waals surface area contributed by atoms with Crippen LogP contribution in [0.1, 0.15) is 117 Å². The summed E-state index contributed by atoms with van der Waals surface area (Å²) in [6.07, 6.45) is 24.5. The van der Waals surface area contributed by atoms with Crippen LogP contribution in [0.15, 0.2) is 36.7 Å². The molecule has 1 heterocycles. The van der Waals surface area contributed by atoms with Gasteiger partial charge in [-0.05, 0) is 37.1 Å². The summed E-state index contributed by atoms with van der Waals surface area (Å²) in [6, 6.07) is 8.07. The van der Waals surface area contributed by atoms with Crippen LogP contribution in [0.25, 0.3) is 11.4 Å². The molecule has 2 rings (SSSR count). The topological polar surface area (TPSA) is 44.2 Å². The van der Waals surface area contributed by atoms with Gasteiger partial charge in [-0.2, -0.15) is 0 Å². The minimum Gasteiger partial charge on any atom is -0.494 e. The van der Waals surface area contributed by atoms with Gasteiger partial charge in [0.2, 0.25) is 0 Å². The third-order valence-corrected chi connectivity index (χ3v) is 6.27. The van der Waals surface area contributed by atoms with E-state index in [0.717, 1.165) is 43.1 Å². The Morgan fingerprint density at radius 1 is 0.500 bits per heavy atom. The number of rotatable bonds is 21. The number of benzene rings is 1. The Labute approximate surface area is 208 Å². The van der Waals surface area contributed by atoms with Crippen LogP contribution in [0.5, 0.6) is 11.5 Å². The maximum atomic E-state index is 5.90. The van der Waals surface area contributed by atoms with Crippen molar-refractivity contribution in [3.05, 3.63) is 36.7 Å².